The van der Waals surface area contributed by atoms with Crippen molar-refractivity contribution in [3.8, 4) is 0 Å². The molecule has 3 nitrogen and oxygen atoms in total. The highest BCUT2D eigenvalue weighted by Crippen LogP contribution is 2.27. The topological polar surface area (TPSA) is 38.3 Å². The van der Waals surface area contributed by atoms with E-state index in [1.54, 1.807) is 0 Å². The molecule has 1 atom stereocenters. The normalized spacial score (nSPS) is 13.9. The summed E-state index contributed by atoms with van der Waals surface area (Å²) in [4.78, 5) is 11.8. The van der Waals surface area contributed by atoms with Crippen LogP contribution in [0.4, 0.5) is 0 Å². The molecule has 0 aliphatic heterocycles. The largest absolute Gasteiger partial charge is 0.466 e. The lowest BCUT2D eigenvalue weighted by Crippen LogP contribution is -2.41. The maximum absolute atomic E-state index is 11.8. The zero-order chi connectivity index (χ0) is 14.5. The first kappa shape index (κ1) is 15.7. The molecule has 3 heteroatoms. The summed E-state index contributed by atoms with van der Waals surface area (Å²) >= 11 is 0. The predicted molar refractivity (Wildman–Crippen MR) is 78.2 cm³/mol. The van der Waals surface area contributed by atoms with Crippen molar-refractivity contribution in [3.63, 3.8) is 0 Å². The molecule has 1 aromatic carbocycles. The van der Waals surface area contributed by atoms with Gasteiger partial charge in [0, 0.05) is 0 Å². The highest BCUT2D eigenvalue weighted by atomic mass is 16.5. The van der Waals surface area contributed by atoms with Crippen molar-refractivity contribution in [2.24, 2.45) is 0 Å². The van der Waals surface area contributed by atoms with Crippen molar-refractivity contribution < 1.29 is 9.53 Å². The van der Waals surface area contributed by atoms with E-state index in [-0.39, 0.29) is 11.5 Å². The first-order valence-electron chi connectivity index (χ1n) is 6.91. The van der Waals surface area contributed by atoms with Gasteiger partial charge in [0.05, 0.1) is 18.6 Å². The van der Waals surface area contributed by atoms with Crippen LogP contribution in [-0.2, 0) is 15.1 Å². The monoisotopic (exact) mass is 263 g/mol. The van der Waals surface area contributed by atoms with E-state index in [9.17, 15) is 4.79 Å². The van der Waals surface area contributed by atoms with Crippen LogP contribution in [0.25, 0.3) is 0 Å². The van der Waals surface area contributed by atoms with Crippen LogP contribution in [-0.4, -0.2) is 19.1 Å². The molecular formula is C16H25NO2. The first-order valence-corrected chi connectivity index (χ1v) is 6.91. The van der Waals surface area contributed by atoms with E-state index in [2.05, 4.69) is 44.3 Å². The van der Waals surface area contributed by atoms with E-state index in [4.69, 9.17) is 4.74 Å². The van der Waals surface area contributed by atoms with Crippen LogP contribution in [0.1, 0.15) is 43.9 Å². The second kappa shape index (κ2) is 6.71. The van der Waals surface area contributed by atoms with Crippen molar-refractivity contribution in [2.75, 3.05) is 13.2 Å². The highest BCUT2D eigenvalue weighted by molar-refractivity contribution is 5.71. The van der Waals surface area contributed by atoms with Gasteiger partial charge in [-0.1, -0.05) is 25.1 Å². The number of ether oxygens (including phenoxy) is 1. The lowest BCUT2D eigenvalue weighted by molar-refractivity contribution is -0.144. The quantitative estimate of drug-likeness (QED) is 0.802. The fourth-order valence-corrected chi connectivity index (χ4v) is 2.24. The Kier molecular flexibility index (Phi) is 5.55. The maximum atomic E-state index is 11.8. The van der Waals surface area contributed by atoms with Crippen molar-refractivity contribution in [1.29, 1.82) is 0 Å². The Bertz CT molecular complexity index is 442. The molecule has 1 unspecified atom stereocenters. The minimum atomic E-state index is -0.376. The van der Waals surface area contributed by atoms with Crippen molar-refractivity contribution in [2.45, 2.75) is 46.6 Å². The van der Waals surface area contributed by atoms with Gasteiger partial charge in [0.25, 0.3) is 0 Å². The second-order valence-electron chi connectivity index (χ2n) is 5.14. The van der Waals surface area contributed by atoms with Crippen LogP contribution in [0.15, 0.2) is 18.2 Å². The van der Waals surface area contributed by atoms with Gasteiger partial charge in [-0.05, 0) is 50.9 Å². The fraction of sp³-hybridized carbons (Fsp3) is 0.562. The van der Waals surface area contributed by atoms with Crippen LogP contribution in [0.3, 0.4) is 0 Å². The summed E-state index contributed by atoms with van der Waals surface area (Å²) in [5.74, 6) is -0.163. The van der Waals surface area contributed by atoms with Gasteiger partial charge in [0.15, 0.2) is 0 Å². The molecule has 1 aromatic rings. The smallest absolute Gasteiger partial charge is 0.307 e. The molecule has 1 N–H and O–H groups in total. The van der Waals surface area contributed by atoms with Crippen LogP contribution in [0.5, 0.6) is 0 Å². The lowest BCUT2D eigenvalue weighted by Gasteiger charge is -2.31. The maximum Gasteiger partial charge on any atom is 0.307 e. The van der Waals surface area contributed by atoms with Crippen LogP contribution in [0, 0.1) is 13.8 Å². The van der Waals surface area contributed by atoms with Crippen LogP contribution in [0.2, 0.25) is 0 Å². The van der Waals surface area contributed by atoms with E-state index in [1.807, 2.05) is 13.8 Å². The Morgan fingerprint density at radius 2 is 1.95 bits per heavy atom. The average molecular weight is 263 g/mol. The molecule has 0 aliphatic carbocycles. The molecule has 19 heavy (non-hydrogen) atoms. The van der Waals surface area contributed by atoms with Crippen molar-refractivity contribution >= 4 is 5.97 Å². The number of hydrogen-bond acceptors (Lipinski definition) is 3. The molecule has 1 rings (SSSR count). The molecule has 106 valence electrons. The minimum absolute atomic E-state index is 0.163. The molecule has 0 bridgehead atoms. The fourth-order valence-electron chi connectivity index (χ4n) is 2.24. The Morgan fingerprint density at radius 1 is 1.26 bits per heavy atom. The van der Waals surface area contributed by atoms with Gasteiger partial charge in [-0.2, -0.15) is 0 Å². The predicted octanol–water partition coefficient (Wildman–Crippen LogP) is 3.08. The van der Waals surface area contributed by atoms with Crippen molar-refractivity contribution in [3.05, 3.63) is 34.9 Å². The number of aryl methyl sites for hydroxylation is 2. The van der Waals surface area contributed by atoms with E-state index >= 15 is 0 Å². The molecule has 0 aliphatic rings. The third-order valence-electron chi connectivity index (χ3n) is 3.51. The minimum Gasteiger partial charge on any atom is -0.466 e. The molecule has 0 saturated carbocycles. The van der Waals surface area contributed by atoms with Gasteiger partial charge in [-0.15, -0.1) is 0 Å². The summed E-state index contributed by atoms with van der Waals surface area (Å²) in [5.41, 5.74) is 3.26. The van der Waals surface area contributed by atoms with Crippen LogP contribution < -0.4 is 5.32 Å². The van der Waals surface area contributed by atoms with Crippen molar-refractivity contribution in [1.82, 2.24) is 5.32 Å². The Labute approximate surface area is 116 Å². The number of benzene rings is 1. The summed E-state index contributed by atoms with van der Waals surface area (Å²) in [6.45, 7) is 11.3. The Morgan fingerprint density at radius 3 is 2.47 bits per heavy atom. The summed E-state index contributed by atoms with van der Waals surface area (Å²) in [7, 11) is 0. The van der Waals surface area contributed by atoms with E-state index in [0.717, 1.165) is 12.1 Å². The average Bonchev–Trinajstić information content (AvgIpc) is 2.33. The van der Waals surface area contributed by atoms with Gasteiger partial charge in [-0.25, -0.2) is 0 Å². The zero-order valence-corrected chi connectivity index (χ0v) is 12.7. The number of hydrogen-bond donors (Lipinski definition) is 1. The van der Waals surface area contributed by atoms with E-state index in [0.29, 0.717) is 13.0 Å². The number of esters is 1. The first-order chi connectivity index (χ1) is 8.92. The Balaban J connectivity index is 3.02. The molecule has 0 fully saturated rings. The third kappa shape index (κ3) is 4.06. The standard InChI is InChI=1S/C16H25NO2/c1-6-17-16(5,11-15(18)19-7-2)14-9-8-12(3)13(4)10-14/h8-10,17H,6-7,11H2,1-5H3. The zero-order valence-electron chi connectivity index (χ0n) is 12.7. The number of carbonyl (C=O) groups is 1. The molecule has 0 saturated heterocycles. The van der Waals surface area contributed by atoms with Gasteiger partial charge in [0.1, 0.15) is 0 Å². The van der Waals surface area contributed by atoms with E-state index in [1.165, 1.54) is 11.1 Å². The van der Waals surface area contributed by atoms with Gasteiger partial charge < -0.3 is 10.1 Å². The highest BCUT2D eigenvalue weighted by Gasteiger charge is 2.29. The third-order valence-corrected chi connectivity index (χ3v) is 3.51. The van der Waals surface area contributed by atoms with Gasteiger partial charge >= 0.3 is 5.97 Å². The molecule has 0 spiro atoms. The van der Waals surface area contributed by atoms with Gasteiger partial charge in [-0.3, -0.25) is 4.79 Å². The molecule has 0 radical (unpaired) electrons. The number of rotatable bonds is 6. The number of nitrogens with one attached hydrogen (secondary N) is 1. The SMILES string of the molecule is CCNC(C)(CC(=O)OCC)c1ccc(C)c(C)c1. The lowest BCUT2D eigenvalue weighted by atomic mass is 9.86. The molecule has 0 aromatic heterocycles. The summed E-state index contributed by atoms with van der Waals surface area (Å²) < 4.78 is 5.08. The Hall–Kier alpha value is -1.35. The summed E-state index contributed by atoms with van der Waals surface area (Å²) in [6, 6.07) is 6.34. The molecule has 0 amide bonds. The number of carbonyl (C=O) groups excluding carboxylic acids is 1. The molecular weight excluding hydrogens is 238 g/mol. The molecule has 0 heterocycles. The van der Waals surface area contributed by atoms with E-state index < -0.39 is 0 Å². The second-order valence-corrected chi connectivity index (χ2v) is 5.14. The summed E-state index contributed by atoms with van der Waals surface area (Å²) in [5, 5.41) is 3.41. The van der Waals surface area contributed by atoms with Crippen LogP contribution >= 0.6 is 0 Å². The summed E-state index contributed by atoms with van der Waals surface area (Å²) in [6.07, 6.45) is 0.344. The van der Waals surface area contributed by atoms with Gasteiger partial charge in [0.2, 0.25) is 0 Å².